The number of hydrogen-bond donors (Lipinski definition) is 1. The second-order valence-corrected chi connectivity index (χ2v) is 4.30. The van der Waals surface area contributed by atoms with Gasteiger partial charge in [0.1, 0.15) is 0 Å². The predicted octanol–water partition coefficient (Wildman–Crippen LogP) is 2.55. The van der Waals surface area contributed by atoms with Gasteiger partial charge < -0.3 is 5.32 Å². The Kier molecular flexibility index (Phi) is 5.19. The number of nitrogens with one attached hydrogen (secondary N) is 1. The summed E-state index contributed by atoms with van der Waals surface area (Å²) < 4.78 is 0.872. The molecule has 0 aliphatic heterocycles. The van der Waals surface area contributed by atoms with Gasteiger partial charge in [0.25, 0.3) is 0 Å². The van der Waals surface area contributed by atoms with Crippen LogP contribution in [-0.2, 0) is 4.79 Å². The zero-order valence-electron chi connectivity index (χ0n) is 9.13. The number of carbonyl (C=O) groups is 2. The quantitative estimate of drug-likeness (QED) is 0.845. The molecule has 86 valence electrons. The molecule has 0 atom stereocenters. The molecule has 0 aliphatic carbocycles. The maximum Gasteiger partial charge on any atom is 0.220 e. The van der Waals surface area contributed by atoms with Crippen LogP contribution >= 0.6 is 15.9 Å². The molecule has 0 aliphatic rings. The number of hydrogen-bond acceptors (Lipinski definition) is 2. The van der Waals surface area contributed by atoms with Gasteiger partial charge in [-0.3, -0.25) is 9.59 Å². The van der Waals surface area contributed by atoms with Gasteiger partial charge in [-0.2, -0.15) is 0 Å². The van der Waals surface area contributed by atoms with Crippen LogP contribution in [0.2, 0.25) is 0 Å². The summed E-state index contributed by atoms with van der Waals surface area (Å²) in [4.78, 5) is 22.9. The fourth-order valence-electron chi connectivity index (χ4n) is 1.32. The molecule has 1 rings (SSSR count). The molecule has 16 heavy (non-hydrogen) atoms. The first-order valence-corrected chi connectivity index (χ1v) is 5.98. The zero-order valence-corrected chi connectivity index (χ0v) is 10.7. The van der Waals surface area contributed by atoms with Gasteiger partial charge in [-0.05, 0) is 19.1 Å². The summed E-state index contributed by atoms with van der Waals surface area (Å²) in [6.45, 7) is 2.46. The Morgan fingerprint density at radius 3 is 2.69 bits per heavy atom. The van der Waals surface area contributed by atoms with Crippen LogP contribution in [0.1, 0.15) is 30.1 Å². The fourth-order valence-corrected chi connectivity index (χ4v) is 1.72. The molecule has 1 amide bonds. The van der Waals surface area contributed by atoms with E-state index in [0.717, 1.165) is 4.47 Å². The number of benzene rings is 1. The normalized spacial score (nSPS) is 9.88. The highest BCUT2D eigenvalue weighted by molar-refractivity contribution is 9.10. The van der Waals surface area contributed by atoms with E-state index in [0.29, 0.717) is 12.1 Å². The monoisotopic (exact) mass is 283 g/mol. The predicted molar refractivity (Wildman–Crippen MR) is 66.4 cm³/mol. The van der Waals surface area contributed by atoms with Gasteiger partial charge in [-0.25, -0.2) is 0 Å². The Labute approximate surface area is 103 Å². The van der Waals surface area contributed by atoms with E-state index in [1.165, 1.54) is 0 Å². The summed E-state index contributed by atoms with van der Waals surface area (Å²) in [5, 5.41) is 2.66. The Morgan fingerprint density at radius 2 is 2.06 bits per heavy atom. The molecule has 0 aromatic heterocycles. The van der Waals surface area contributed by atoms with Crippen LogP contribution in [0.4, 0.5) is 0 Å². The summed E-state index contributed by atoms with van der Waals surface area (Å²) in [7, 11) is 0. The van der Waals surface area contributed by atoms with Crippen molar-refractivity contribution < 1.29 is 9.59 Å². The third-order valence-electron chi connectivity index (χ3n) is 2.10. The molecule has 0 spiro atoms. The molecule has 1 aromatic carbocycles. The molecule has 0 unspecified atom stereocenters. The van der Waals surface area contributed by atoms with E-state index < -0.39 is 0 Å². The van der Waals surface area contributed by atoms with Crippen molar-refractivity contribution in [3.63, 3.8) is 0 Å². The maximum atomic E-state index is 11.7. The highest BCUT2D eigenvalue weighted by Crippen LogP contribution is 2.13. The molecular formula is C12H14BrNO2. The third kappa shape index (κ3) is 4.14. The van der Waals surface area contributed by atoms with Gasteiger partial charge in [0.2, 0.25) is 5.91 Å². The first-order chi connectivity index (χ1) is 7.63. The standard InChI is InChI=1S/C12H14BrNO2/c1-2-14-12(16)7-6-11(15)9-4-3-5-10(13)8-9/h3-5,8H,2,6-7H2,1H3,(H,14,16). The Hall–Kier alpha value is -1.16. The van der Waals surface area contributed by atoms with E-state index in [9.17, 15) is 9.59 Å². The topological polar surface area (TPSA) is 46.2 Å². The van der Waals surface area contributed by atoms with Crippen molar-refractivity contribution in [3.05, 3.63) is 34.3 Å². The maximum absolute atomic E-state index is 11.7. The summed E-state index contributed by atoms with van der Waals surface area (Å²) in [5.74, 6) is -0.0848. The van der Waals surface area contributed by atoms with E-state index in [4.69, 9.17) is 0 Å². The van der Waals surface area contributed by atoms with Crippen molar-refractivity contribution >= 4 is 27.6 Å². The van der Waals surface area contributed by atoms with Crippen LogP contribution in [0.5, 0.6) is 0 Å². The van der Waals surface area contributed by atoms with E-state index in [2.05, 4.69) is 21.2 Å². The van der Waals surface area contributed by atoms with Crippen LogP contribution < -0.4 is 5.32 Å². The largest absolute Gasteiger partial charge is 0.356 e. The molecular weight excluding hydrogens is 270 g/mol. The minimum absolute atomic E-state index is 0.00690. The Bertz CT molecular complexity index is 390. The second kappa shape index (κ2) is 6.43. The number of Topliss-reactive ketones (excluding diaryl/α,β-unsaturated/α-hetero) is 1. The molecule has 1 N–H and O–H groups in total. The SMILES string of the molecule is CCNC(=O)CCC(=O)c1cccc(Br)c1. The van der Waals surface area contributed by atoms with Crippen molar-refractivity contribution in [1.82, 2.24) is 5.32 Å². The molecule has 0 saturated heterocycles. The van der Waals surface area contributed by atoms with Gasteiger partial charge in [0, 0.05) is 29.4 Å². The van der Waals surface area contributed by atoms with Crippen LogP contribution in [0.25, 0.3) is 0 Å². The van der Waals surface area contributed by atoms with E-state index in [-0.39, 0.29) is 24.5 Å². The zero-order chi connectivity index (χ0) is 12.0. The van der Waals surface area contributed by atoms with Crippen LogP contribution in [0.3, 0.4) is 0 Å². The average molecular weight is 284 g/mol. The van der Waals surface area contributed by atoms with E-state index >= 15 is 0 Å². The van der Waals surface area contributed by atoms with Crippen molar-refractivity contribution in [2.24, 2.45) is 0 Å². The number of ketones is 1. The van der Waals surface area contributed by atoms with E-state index in [1.54, 1.807) is 12.1 Å². The molecule has 0 fully saturated rings. The third-order valence-corrected chi connectivity index (χ3v) is 2.59. The highest BCUT2D eigenvalue weighted by Gasteiger charge is 2.08. The molecule has 1 aromatic rings. The number of carbonyl (C=O) groups excluding carboxylic acids is 2. The van der Waals surface area contributed by atoms with Crippen LogP contribution in [0, 0.1) is 0 Å². The lowest BCUT2D eigenvalue weighted by Gasteiger charge is -2.02. The lowest BCUT2D eigenvalue weighted by molar-refractivity contribution is -0.120. The van der Waals surface area contributed by atoms with Crippen LogP contribution in [-0.4, -0.2) is 18.2 Å². The van der Waals surface area contributed by atoms with Gasteiger partial charge in [0.15, 0.2) is 5.78 Å². The van der Waals surface area contributed by atoms with Crippen molar-refractivity contribution in [2.75, 3.05) is 6.54 Å². The highest BCUT2D eigenvalue weighted by atomic mass is 79.9. The summed E-state index contributed by atoms with van der Waals surface area (Å²) >= 11 is 3.30. The van der Waals surface area contributed by atoms with Crippen molar-refractivity contribution in [3.8, 4) is 0 Å². The Balaban J connectivity index is 2.50. The molecule has 0 bridgehead atoms. The van der Waals surface area contributed by atoms with Gasteiger partial charge in [-0.15, -0.1) is 0 Å². The number of amides is 1. The molecule has 0 saturated carbocycles. The van der Waals surface area contributed by atoms with Crippen molar-refractivity contribution in [2.45, 2.75) is 19.8 Å². The summed E-state index contributed by atoms with van der Waals surface area (Å²) in [6, 6.07) is 7.19. The lowest BCUT2D eigenvalue weighted by Crippen LogP contribution is -2.23. The fraction of sp³-hybridized carbons (Fsp3) is 0.333. The molecule has 4 heteroatoms. The van der Waals surface area contributed by atoms with Gasteiger partial charge in [-0.1, -0.05) is 28.1 Å². The first kappa shape index (κ1) is 12.9. The first-order valence-electron chi connectivity index (χ1n) is 5.19. The minimum Gasteiger partial charge on any atom is -0.356 e. The minimum atomic E-state index is -0.0779. The Morgan fingerprint density at radius 1 is 1.31 bits per heavy atom. The van der Waals surface area contributed by atoms with Gasteiger partial charge in [0.05, 0.1) is 0 Å². The number of rotatable bonds is 5. The van der Waals surface area contributed by atoms with E-state index in [1.807, 2.05) is 19.1 Å². The summed E-state index contributed by atoms with van der Waals surface area (Å²) in [6.07, 6.45) is 0.501. The summed E-state index contributed by atoms with van der Waals surface area (Å²) in [5.41, 5.74) is 0.638. The molecule has 3 nitrogen and oxygen atoms in total. The molecule has 0 heterocycles. The smallest absolute Gasteiger partial charge is 0.220 e. The average Bonchev–Trinajstić information content (AvgIpc) is 2.26. The number of halogens is 1. The molecule has 0 radical (unpaired) electrons. The second-order valence-electron chi connectivity index (χ2n) is 3.39. The van der Waals surface area contributed by atoms with Crippen LogP contribution in [0.15, 0.2) is 28.7 Å². The van der Waals surface area contributed by atoms with Gasteiger partial charge >= 0.3 is 0 Å². The lowest BCUT2D eigenvalue weighted by atomic mass is 10.1. The van der Waals surface area contributed by atoms with Crippen molar-refractivity contribution in [1.29, 1.82) is 0 Å².